The van der Waals surface area contributed by atoms with Gasteiger partial charge in [0.25, 0.3) is 5.91 Å². The van der Waals surface area contributed by atoms with Crippen molar-refractivity contribution >= 4 is 29.7 Å². The highest BCUT2D eigenvalue weighted by Gasteiger charge is 2.42. The fraction of sp³-hybridized carbons (Fsp3) is 0.429. The normalized spacial score (nSPS) is 24.9. The Morgan fingerprint density at radius 1 is 1.18 bits per heavy atom. The molecule has 33 heavy (non-hydrogen) atoms. The van der Waals surface area contributed by atoms with Crippen molar-refractivity contribution in [1.82, 2.24) is 10.2 Å². The van der Waals surface area contributed by atoms with Gasteiger partial charge in [0, 0.05) is 30.3 Å². The minimum Gasteiger partial charge on any atom is -0.353 e. The fourth-order valence-corrected chi connectivity index (χ4v) is 6.39. The zero-order valence-electron chi connectivity index (χ0n) is 19.8. The van der Waals surface area contributed by atoms with Gasteiger partial charge in [-0.3, -0.25) is 9.59 Å². The minimum absolute atomic E-state index is 0.0245. The molecule has 1 saturated carbocycles. The van der Waals surface area contributed by atoms with Crippen LogP contribution in [0.15, 0.2) is 59.5 Å². The zero-order chi connectivity index (χ0) is 23.4. The van der Waals surface area contributed by atoms with Crippen LogP contribution in [-0.4, -0.2) is 41.1 Å². The molecule has 1 aliphatic carbocycles. The number of fused-ring (bicyclic) bond motifs is 1. The third-order valence-electron chi connectivity index (χ3n) is 6.87. The highest BCUT2D eigenvalue weighted by molar-refractivity contribution is 8.04. The van der Waals surface area contributed by atoms with Crippen LogP contribution in [0.5, 0.6) is 0 Å². The van der Waals surface area contributed by atoms with E-state index in [0.29, 0.717) is 5.25 Å². The van der Waals surface area contributed by atoms with E-state index in [1.165, 1.54) is 11.1 Å². The largest absolute Gasteiger partial charge is 0.353 e. The van der Waals surface area contributed by atoms with E-state index in [-0.39, 0.29) is 29.8 Å². The molecule has 1 saturated heterocycles. The van der Waals surface area contributed by atoms with Crippen molar-refractivity contribution in [2.45, 2.75) is 63.3 Å². The lowest BCUT2D eigenvalue weighted by Gasteiger charge is -2.44. The number of thioether (sulfide) groups is 1. The van der Waals surface area contributed by atoms with Crippen molar-refractivity contribution in [1.29, 1.82) is 0 Å². The number of hydrogen-bond donors (Lipinski definition) is 1. The first-order valence-electron chi connectivity index (χ1n) is 12.0. The fourth-order valence-electron chi connectivity index (χ4n) is 4.91. The van der Waals surface area contributed by atoms with Crippen LogP contribution in [0.4, 0.5) is 0 Å². The Morgan fingerprint density at radius 3 is 2.73 bits per heavy atom. The number of likely N-dealkylation sites (N-methyl/N-ethyl adjacent to an activating group) is 1. The van der Waals surface area contributed by atoms with Gasteiger partial charge in [-0.05, 0) is 63.2 Å². The van der Waals surface area contributed by atoms with E-state index < -0.39 is 0 Å². The predicted molar refractivity (Wildman–Crippen MR) is 137 cm³/mol. The molecule has 2 fully saturated rings. The van der Waals surface area contributed by atoms with Gasteiger partial charge in [0.05, 0.1) is 4.91 Å². The second-order valence-corrected chi connectivity index (χ2v) is 10.8. The highest BCUT2D eigenvalue weighted by atomic mass is 32.2. The topological polar surface area (TPSA) is 49.4 Å². The van der Waals surface area contributed by atoms with Crippen molar-refractivity contribution in [3.8, 4) is 0 Å². The first kappa shape index (κ1) is 23.6. The summed E-state index contributed by atoms with van der Waals surface area (Å²) >= 11 is 1.70. The summed E-state index contributed by atoms with van der Waals surface area (Å²) in [6.07, 6.45) is 6.48. The quantitative estimate of drug-likeness (QED) is 0.599. The Morgan fingerprint density at radius 2 is 1.97 bits per heavy atom. The summed E-state index contributed by atoms with van der Waals surface area (Å²) in [5, 5.41) is 3.58. The number of carbonyl (C=O) groups excluding carboxylic acids is 2. The van der Waals surface area contributed by atoms with E-state index in [2.05, 4.69) is 55.6 Å². The van der Waals surface area contributed by atoms with E-state index in [1.54, 1.807) is 11.8 Å². The molecule has 0 bridgehead atoms. The number of amides is 2. The molecular weight excluding hydrogens is 428 g/mol. The lowest BCUT2D eigenvalue weighted by atomic mass is 9.83. The average Bonchev–Trinajstić information content (AvgIpc) is 2.81. The van der Waals surface area contributed by atoms with E-state index in [0.717, 1.165) is 42.6 Å². The van der Waals surface area contributed by atoms with Gasteiger partial charge in [-0.2, -0.15) is 0 Å². The van der Waals surface area contributed by atoms with Crippen molar-refractivity contribution in [2.75, 3.05) is 7.05 Å². The highest BCUT2D eigenvalue weighted by Crippen LogP contribution is 2.43. The molecule has 0 radical (unpaired) electrons. The Labute approximate surface area is 201 Å². The number of carbonyl (C=O) groups is 2. The molecule has 4 atom stereocenters. The molecule has 1 N–H and O–H groups in total. The zero-order valence-corrected chi connectivity index (χ0v) is 20.6. The molecule has 2 aromatic carbocycles. The van der Waals surface area contributed by atoms with Crippen LogP contribution in [0.25, 0.3) is 6.08 Å². The molecule has 4 rings (SSSR count). The molecule has 174 valence electrons. The van der Waals surface area contributed by atoms with E-state index in [4.69, 9.17) is 0 Å². The minimum atomic E-state index is -0.0245. The van der Waals surface area contributed by atoms with Gasteiger partial charge in [0.15, 0.2) is 0 Å². The van der Waals surface area contributed by atoms with Gasteiger partial charge in [-0.25, -0.2) is 0 Å². The summed E-state index contributed by atoms with van der Waals surface area (Å²) in [7, 11) is 1.90. The SMILES string of the molecule is Cc1cccc(/C=C2\SC3CCC(C(=O)NC(C)CCc4ccccc4)CC3N(C)C2=O)c1. The maximum atomic E-state index is 13.1. The average molecular weight is 463 g/mol. The van der Waals surface area contributed by atoms with Crippen LogP contribution < -0.4 is 5.32 Å². The van der Waals surface area contributed by atoms with Crippen molar-refractivity contribution in [3.63, 3.8) is 0 Å². The Kier molecular flexibility index (Phi) is 7.59. The Bertz CT molecular complexity index is 1020. The number of aryl methyl sites for hydroxylation is 2. The van der Waals surface area contributed by atoms with Crippen LogP contribution in [0, 0.1) is 12.8 Å². The third kappa shape index (κ3) is 5.89. The van der Waals surface area contributed by atoms with Gasteiger partial charge >= 0.3 is 0 Å². The molecule has 0 aromatic heterocycles. The molecule has 1 heterocycles. The maximum Gasteiger partial charge on any atom is 0.260 e. The number of nitrogens with zero attached hydrogens (tertiary/aromatic N) is 1. The number of nitrogens with one attached hydrogen (secondary N) is 1. The van der Waals surface area contributed by atoms with Crippen LogP contribution in [-0.2, 0) is 16.0 Å². The van der Waals surface area contributed by atoms with Crippen LogP contribution in [0.2, 0.25) is 0 Å². The van der Waals surface area contributed by atoms with Crippen LogP contribution >= 0.6 is 11.8 Å². The summed E-state index contributed by atoms with van der Waals surface area (Å²) in [4.78, 5) is 28.8. The molecular formula is C28H34N2O2S. The number of rotatable bonds is 6. The lowest BCUT2D eigenvalue weighted by Crippen LogP contribution is -2.52. The first-order chi connectivity index (χ1) is 15.9. The summed E-state index contributed by atoms with van der Waals surface area (Å²) < 4.78 is 0. The van der Waals surface area contributed by atoms with Gasteiger partial charge in [-0.1, -0.05) is 60.2 Å². The molecule has 0 spiro atoms. The van der Waals surface area contributed by atoms with E-state index in [9.17, 15) is 9.59 Å². The van der Waals surface area contributed by atoms with Crippen LogP contribution in [0.3, 0.4) is 0 Å². The second kappa shape index (κ2) is 10.6. The predicted octanol–water partition coefficient (Wildman–Crippen LogP) is 5.22. The Balaban J connectivity index is 1.34. The molecule has 2 aliphatic rings. The third-order valence-corrected chi connectivity index (χ3v) is 8.27. The standard InChI is InChI=1S/C28H34N2O2S/c1-19-8-7-11-22(16-19)17-26-28(32)30(3)24-18-23(14-15-25(24)33-26)27(31)29-20(2)12-13-21-9-5-4-6-10-21/h4-11,16-17,20,23-25H,12-15,18H2,1-3H3,(H,29,31)/b26-17-. The number of hydrogen-bond acceptors (Lipinski definition) is 3. The summed E-state index contributed by atoms with van der Waals surface area (Å²) in [6.45, 7) is 4.15. The van der Waals surface area contributed by atoms with E-state index in [1.807, 2.05) is 36.2 Å². The molecule has 4 nitrogen and oxygen atoms in total. The summed E-state index contributed by atoms with van der Waals surface area (Å²) in [5.41, 5.74) is 3.55. The first-order valence-corrected chi connectivity index (χ1v) is 12.8. The summed E-state index contributed by atoms with van der Waals surface area (Å²) in [5.74, 6) is 0.185. The smallest absolute Gasteiger partial charge is 0.260 e. The molecule has 5 heteroatoms. The van der Waals surface area contributed by atoms with E-state index >= 15 is 0 Å². The van der Waals surface area contributed by atoms with Gasteiger partial charge in [-0.15, -0.1) is 11.8 Å². The molecule has 1 aliphatic heterocycles. The monoisotopic (exact) mass is 462 g/mol. The molecule has 4 unspecified atom stereocenters. The summed E-state index contributed by atoms with van der Waals surface area (Å²) in [6, 6.07) is 18.9. The van der Waals surface area contributed by atoms with Crippen molar-refractivity contribution in [3.05, 3.63) is 76.2 Å². The number of benzene rings is 2. The Hall–Kier alpha value is -2.53. The van der Waals surface area contributed by atoms with Crippen molar-refractivity contribution < 1.29 is 9.59 Å². The van der Waals surface area contributed by atoms with Gasteiger partial charge < -0.3 is 10.2 Å². The lowest BCUT2D eigenvalue weighted by molar-refractivity contribution is -0.132. The molecule has 2 amide bonds. The second-order valence-electron chi connectivity index (χ2n) is 9.51. The van der Waals surface area contributed by atoms with Gasteiger partial charge in [0.1, 0.15) is 0 Å². The maximum absolute atomic E-state index is 13.1. The van der Waals surface area contributed by atoms with Gasteiger partial charge in [0.2, 0.25) is 5.91 Å². The van der Waals surface area contributed by atoms with Crippen LogP contribution in [0.1, 0.15) is 49.3 Å². The molecule has 2 aromatic rings. The van der Waals surface area contributed by atoms with Crippen molar-refractivity contribution in [2.24, 2.45) is 5.92 Å².